The van der Waals surface area contributed by atoms with Gasteiger partial charge < -0.3 is 5.11 Å². The van der Waals surface area contributed by atoms with Crippen molar-refractivity contribution in [2.24, 2.45) is 11.3 Å². The molecule has 3 aliphatic carbocycles. The first-order valence-corrected chi connectivity index (χ1v) is 8.18. The minimum absolute atomic E-state index is 0.229. The fourth-order valence-corrected chi connectivity index (χ4v) is 4.35. The highest BCUT2D eigenvalue weighted by atomic mass is 16.4. The molecular formula is C20H22O2. The van der Waals surface area contributed by atoms with Gasteiger partial charge >= 0.3 is 5.97 Å². The highest BCUT2D eigenvalue weighted by Crippen LogP contribution is 2.67. The Hall–Kier alpha value is -1.83. The van der Waals surface area contributed by atoms with Crippen LogP contribution in [-0.2, 0) is 11.2 Å². The number of hydrogen-bond donors (Lipinski definition) is 1. The molecule has 0 aliphatic heterocycles. The summed E-state index contributed by atoms with van der Waals surface area (Å²) in [4.78, 5) is 11.6. The van der Waals surface area contributed by atoms with E-state index in [0.29, 0.717) is 6.42 Å². The number of rotatable bonds is 4. The predicted molar refractivity (Wildman–Crippen MR) is 88.8 cm³/mol. The Morgan fingerprint density at radius 2 is 2.18 bits per heavy atom. The van der Waals surface area contributed by atoms with Crippen LogP contribution in [0.5, 0.6) is 0 Å². The van der Waals surface area contributed by atoms with E-state index < -0.39 is 11.4 Å². The number of carbonyl (C=O) groups is 1. The van der Waals surface area contributed by atoms with Gasteiger partial charge in [-0.2, -0.15) is 0 Å². The third-order valence-corrected chi connectivity index (χ3v) is 5.96. The first kappa shape index (κ1) is 13.8. The van der Waals surface area contributed by atoms with E-state index in [1.165, 1.54) is 40.7 Å². The molecule has 0 amide bonds. The van der Waals surface area contributed by atoms with Crippen LogP contribution in [0.3, 0.4) is 0 Å². The van der Waals surface area contributed by atoms with Gasteiger partial charge in [0.1, 0.15) is 0 Å². The topological polar surface area (TPSA) is 37.3 Å². The minimum Gasteiger partial charge on any atom is -0.481 e. The summed E-state index contributed by atoms with van der Waals surface area (Å²) < 4.78 is 0. The first-order chi connectivity index (χ1) is 10.5. The molecule has 1 N–H and O–H groups in total. The molecule has 2 heteroatoms. The summed E-state index contributed by atoms with van der Waals surface area (Å²) in [6.07, 6.45) is 8.34. The summed E-state index contributed by atoms with van der Waals surface area (Å²) in [5.74, 6) is 0.358. The Kier molecular flexibility index (Phi) is 2.73. The lowest BCUT2D eigenvalue weighted by Crippen LogP contribution is -2.15. The number of allylic oxidation sites excluding steroid dienone is 1. The van der Waals surface area contributed by atoms with Crippen molar-refractivity contribution in [1.82, 2.24) is 0 Å². The first-order valence-electron chi connectivity index (χ1n) is 8.18. The number of carboxylic acids is 1. The molecule has 0 aromatic heterocycles. The molecule has 3 aliphatic rings. The van der Waals surface area contributed by atoms with Gasteiger partial charge in [0.05, 0.1) is 5.41 Å². The van der Waals surface area contributed by atoms with E-state index in [2.05, 4.69) is 32.6 Å². The Morgan fingerprint density at radius 1 is 1.45 bits per heavy atom. The zero-order valence-electron chi connectivity index (χ0n) is 13.3. The molecule has 2 unspecified atom stereocenters. The number of carboxylic acid groups (broad SMARTS) is 1. The van der Waals surface area contributed by atoms with Crippen molar-refractivity contribution in [3.63, 3.8) is 0 Å². The minimum atomic E-state index is -0.625. The maximum Gasteiger partial charge on any atom is 0.310 e. The van der Waals surface area contributed by atoms with Gasteiger partial charge in [-0.15, -0.1) is 0 Å². The van der Waals surface area contributed by atoms with Gasteiger partial charge in [-0.3, -0.25) is 4.79 Å². The van der Waals surface area contributed by atoms with Crippen LogP contribution >= 0.6 is 0 Å². The van der Waals surface area contributed by atoms with Crippen LogP contribution in [0.2, 0.25) is 0 Å². The lowest BCUT2D eigenvalue weighted by atomic mass is 9.90. The van der Waals surface area contributed by atoms with Gasteiger partial charge in [0.15, 0.2) is 0 Å². The Balaban J connectivity index is 1.84. The summed E-state index contributed by atoms with van der Waals surface area (Å²) in [5, 5.41) is 9.57. The van der Waals surface area contributed by atoms with Crippen molar-refractivity contribution in [2.45, 2.75) is 45.4 Å². The molecule has 0 heterocycles. The molecule has 0 bridgehead atoms. The standard InChI is InChI=1S/C20H22O2/c1-4-13-8-15-9-20(19(21)22)10-17(20)18(15)12(3)16(13)7-11(2)14-5-6-14/h4,7-8,14,17H,1,5-6,9-10H2,2-3H3,(H,21,22)/b11-7+. The molecule has 22 heavy (non-hydrogen) atoms. The SMILES string of the molecule is C=Cc1cc2c(c(C)c1/C=C(\C)C1CC1)C1CC1(C(=O)O)C2. The Bertz CT molecular complexity index is 737. The number of hydrogen-bond acceptors (Lipinski definition) is 1. The second-order valence-corrected chi connectivity index (χ2v) is 7.34. The highest BCUT2D eigenvalue weighted by molar-refractivity contribution is 5.85. The molecule has 4 rings (SSSR count). The van der Waals surface area contributed by atoms with E-state index in [4.69, 9.17) is 0 Å². The summed E-state index contributed by atoms with van der Waals surface area (Å²) in [5.41, 5.74) is 7.17. The maximum atomic E-state index is 11.6. The van der Waals surface area contributed by atoms with Crippen LogP contribution in [0.25, 0.3) is 12.2 Å². The monoisotopic (exact) mass is 294 g/mol. The lowest BCUT2D eigenvalue weighted by molar-refractivity contribution is -0.143. The predicted octanol–water partition coefficient (Wildman–Crippen LogP) is 4.57. The van der Waals surface area contributed by atoms with Gasteiger partial charge in [-0.25, -0.2) is 0 Å². The van der Waals surface area contributed by atoms with Crippen molar-refractivity contribution < 1.29 is 9.90 Å². The van der Waals surface area contributed by atoms with Crippen molar-refractivity contribution >= 4 is 18.1 Å². The van der Waals surface area contributed by atoms with Crippen LogP contribution in [-0.4, -0.2) is 11.1 Å². The number of aliphatic carboxylic acids is 1. The maximum absolute atomic E-state index is 11.6. The third-order valence-electron chi connectivity index (χ3n) is 5.96. The van der Waals surface area contributed by atoms with E-state index >= 15 is 0 Å². The molecule has 2 fully saturated rings. The largest absolute Gasteiger partial charge is 0.481 e. The average molecular weight is 294 g/mol. The second kappa shape index (κ2) is 4.34. The molecule has 0 radical (unpaired) electrons. The molecular weight excluding hydrogens is 272 g/mol. The Labute approximate surface area is 131 Å². The summed E-state index contributed by atoms with van der Waals surface area (Å²) >= 11 is 0. The second-order valence-electron chi connectivity index (χ2n) is 7.34. The molecule has 1 aromatic rings. The van der Waals surface area contributed by atoms with Gasteiger partial charge in [0.2, 0.25) is 0 Å². The summed E-state index contributed by atoms with van der Waals surface area (Å²) in [6, 6.07) is 2.18. The molecule has 0 saturated heterocycles. The van der Waals surface area contributed by atoms with Gasteiger partial charge in [-0.1, -0.05) is 30.4 Å². The van der Waals surface area contributed by atoms with Crippen LogP contribution in [0.1, 0.15) is 59.9 Å². The smallest absolute Gasteiger partial charge is 0.310 e. The van der Waals surface area contributed by atoms with Crippen molar-refractivity contribution in [1.29, 1.82) is 0 Å². The third kappa shape index (κ3) is 1.76. The van der Waals surface area contributed by atoms with Crippen LogP contribution in [0.4, 0.5) is 0 Å². The van der Waals surface area contributed by atoms with Crippen LogP contribution < -0.4 is 0 Å². The number of benzene rings is 1. The van der Waals surface area contributed by atoms with E-state index in [9.17, 15) is 9.90 Å². The van der Waals surface area contributed by atoms with Crippen LogP contribution in [0.15, 0.2) is 18.2 Å². The molecule has 2 nitrogen and oxygen atoms in total. The van der Waals surface area contributed by atoms with E-state index in [0.717, 1.165) is 17.9 Å². The lowest BCUT2D eigenvalue weighted by Gasteiger charge is -2.15. The average Bonchev–Trinajstić information content (AvgIpc) is 3.38. The molecule has 2 saturated carbocycles. The van der Waals surface area contributed by atoms with Gasteiger partial charge in [-0.05, 0) is 73.3 Å². The molecule has 1 aromatic carbocycles. The molecule has 0 spiro atoms. The van der Waals surface area contributed by atoms with Gasteiger partial charge in [0.25, 0.3) is 0 Å². The summed E-state index contributed by atoms with van der Waals surface area (Å²) in [6.45, 7) is 8.34. The van der Waals surface area contributed by atoms with E-state index in [1.54, 1.807) is 0 Å². The molecule has 2 atom stereocenters. The normalized spacial score (nSPS) is 29.0. The van der Waals surface area contributed by atoms with Crippen molar-refractivity contribution in [3.05, 3.63) is 46.0 Å². The fraction of sp³-hybridized carbons (Fsp3) is 0.450. The zero-order valence-corrected chi connectivity index (χ0v) is 13.3. The highest BCUT2D eigenvalue weighted by Gasteiger charge is 2.65. The number of fused-ring (bicyclic) bond motifs is 3. The van der Waals surface area contributed by atoms with E-state index in [-0.39, 0.29) is 5.92 Å². The zero-order chi connectivity index (χ0) is 15.6. The molecule has 114 valence electrons. The van der Waals surface area contributed by atoms with Gasteiger partial charge in [0, 0.05) is 5.92 Å². The Morgan fingerprint density at radius 3 is 2.77 bits per heavy atom. The summed E-state index contributed by atoms with van der Waals surface area (Å²) in [7, 11) is 0. The van der Waals surface area contributed by atoms with Crippen molar-refractivity contribution in [3.8, 4) is 0 Å². The quantitative estimate of drug-likeness (QED) is 0.883. The van der Waals surface area contributed by atoms with Crippen molar-refractivity contribution in [2.75, 3.05) is 0 Å². The van der Waals surface area contributed by atoms with Crippen LogP contribution in [0, 0.1) is 18.3 Å². The fourth-order valence-electron chi connectivity index (χ4n) is 4.35. The van der Waals surface area contributed by atoms with E-state index in [1.807, 2.05) is 6.08 Å².